The molecule has 2 fully saturated rings. The Balaban J connectivity index is 1.79. The SMILES string of the molecule is CSC1(CNC(=O)C2CCNC2)CCCC1. The molecule has 3 nitrogen and oxygen atoms in total. The van der Waals surface area contributed by atoms with E-state index < -0.39 is 0 Å². The zero-order valence-electron chi connectivity index (χ0n) is 10.1. The van der Waals surface area contributed by atoms with Crippen molar-refractivity contribution in [2.75, 3.05) is 25.9 Å². The molecule has 4 heteroatoms. The largest absolute Gasteiger partial charge is 0.354 e. The third-order valence-corrected chi connectivity index (χ3v) is 5.38. The number of hydrogen-bond acceptors (Lipinski definition) is 3. The normalized spacial score (nSPS) is 28.2. The summed E-state index contributed by atoms with van der Waals surface area (Å²) in [6, 6.07) is 0. The maximum Gasteiger partial charge on any atom is 0.224 e. The van der Waals surface area contributed by atoms with Crippen LogP contribution < -0.4 is 10.6 Å². The molecule has 1 amide bonds. The molecule has 0 aromatic rings. The Labute approximate surface area is 102 Å². The third kappa shape index (κ3) is 2.72. The van der Waals surface area contributed by atoms with Crippen molar-refractivity contribution in [1.82, 2.24) is 10.6 Å². The lowest BCUT2D eigenvalue weighted by Gasteiger charge is -2.27. The molecule has 1 aliphatic heterocycles. The summed E-state index contributed by atoms with van der Waals surface area (Å²) >= 11 is 1.93. The van der Waals surface area contributed by atoms with Crippen molar-refractivity contribution in [3.8, 4) is 0 Å². The van der Waals surface area contributed by atoms with Crippen LogP contribution in [0, 0.1) is 5.92 Å². The van der Waals surface area contributed by atoms with Crippen LogP contribution in [0.25, 0.3) is 0 Å². The second-order valence-electron chi connectivity index (χ2n) is 5.00. The van der Waals surface area contributed by atoms with Crippen molar-refractivity contribution in [3.05, 3.63) is 0 Å². The summed E-state index contributed by atoms with van der Waals surface area (Å²) in [6.07, 6.45) is 8.34. The first-order chi connectivity index (χ1) is 7.76. The molecule has 0 bridgehead atoms. The van der Waals surface area contributed by atoms with Crippen molar-refractivity contribution >= 4 is 17.7 Å². The molecule has 1 unspecified atom stereocenters. The first-order valence-electron chi connectivity index (χ1n) is 6.29. The fraction of sp³-hybridized carbons (Fsp3) is 0.917. The molecule has 1 aliphatic carbocycles. The van der Waals surface area contributed by atoms with Crippen molar-refractivity contribution < 1.29 is 4.79 Å². The van der Waals surface area contributed by atoms with E-state index in [4.69, 9.17) is 0 Å². The highest BCUT2D eigenvalue weighted by Gasteiger charge is 2.34. The molecule has 2 N–H and O–H groups in total. The van der Waals surface area contributed by atoms with Gasteiger partial charge in [-0.1, -0.05) is 12.8 Å². The van der Waals surface area contributed by atoms with Gasteiger partial charge in [0.1, 0.15) is 0 Å². The summed E-state index contributed by atoms with van der Waals surface area (Å²) in [5.41, 5.74) is 0. The standard InChI is InChI=1S/C12H22N2OS/c1-16-12(5-2-3-6-12)9-14-11(15)10-4-7-13-8-10/h10,13H,2-9H2,1H3,(H,14,15). The van der Waals surface area contributed by atoms with Crippen molar-refractivity contribution in [1.29, 1.82) is 0 Å². The highest BCUT2D eigenvalue weighted by atomic mass is 32.2. The van der Waals surface area contributed by atoms with Gasteiger partial charge in [-0.2, -0.15) is 11.8 Å². The smallest absolute Gasteiger partial charge is 0.224 e. The Morgan fingerprint density at radius 3 is 2.81 bits per heavy atom. The van der Waals surface area contributed by atoms with Gasteiger partial charge in [-0.25, -0.2) is 0 Å². The second kappa shape index (κ2) is 5.41. The highest BCUT2D eigenvalue weighted by Crippen LogP contribution is 2.39. The summed E-state index contributed by atoms with van der Waals surface area (Å²) < 4.78 is 0.335. The monoisotopic (exact) mass is 242 g/mol. The van der Waals surface area contributed by atoms with Crippen LogP contribution in [0.1, 0.15) is 32.1 Å². The number of nitrogens with one attached hydrogen (secondary N) is 2. The lowest BCUT2D eigenvalue weighted by molar-refractivity contribution is -0.124. The van der Waals surface area contributed by atoms with Crippen molar-refractivity contribution in [2.24, 2.45) is 5.92 Å². The Hall–Kier alpha value is -0.220. The number of amides is 1. The van der Waals surface area contributed by atoms with Crippen molar-refractivity contribution in [2.45, 2.75) is 36.9 Å². The van der Waals surface area contributed by atoms with Crippen LogP contribution in [-0.4, -0.2) is 36.5 Å². The number of hydrogen-bond donors (Lipinski definition) is 2. The van der Waals surface area contributed by atoms with E-state index in [1.54, 1.807) is 0 Å². The predicted molar refractivity (Wildman–Crippen MR) is 68.7 cm³/mol. The Bertz CT molecular complexity index is 245. The first-order valence-corrected chi connectivity index (χ1v) is 7.52. The van der Waals surface area contributed by atoms with Crippen LogP contribution >= 0.6 is 11.8 Å². The fourth-order valence-corrected chi connectivity index (χ4v) is 3.66. The van der Waals surface area contributed by atoms with Gasteiger partial charge in [0.25, 0.3) is 0 Å². The van der Waals surface area contributed by atoms with Crippen molar-refractivity contribution in [3.63, 3.8) is 0 Å². The molecule has 0 aromatic carbocycles. The minimum absolute atomic E-state index is 0.209. The summed E-state index contributed by atoms with van der Waals surface area (Å²) in [5.74, 6) is 0.464. The average molecular weight is 242 g/mol. The number of rotatable bonds is 4. The topological polar surface area (TPSA) is 41.1 Å². The maximum absolute atomic E-state index is 11.9. The van der Waals surface area contributed by atoms with Gasteiger partial charge in [0.15, 0.2) is 0 Å². The van der Waals surface area contributed by atoms with E-state index in [0.29, 0.717) is 4.75 Å². The van der Waals surface area contributed by atoms with Crippen LogP contribution in [0.5, 0.6) is 0 Å². The minimum atomic E-state index is 0.209. The van der Waals surface area contributed by atoms with E-state index in [9.17, 15) is 4.79 Å². The first kappa shape index (κ1) is 12.2. The average Bonchev–Trinajstić information content (AvgIpc) is 2.98. The zero-order valence-corrected chi connectivity index (χ0v) is 10.9. The van der Waals surface area contributed by atoms with Gasteiger partial charge in [-0.3, -0.25) is 4.79 Å². The molecule has 1 heterocycles. The van der Waals surface area contributed by atoms with E-state index in [2.05, 4.69) is 16.9 Å². The minimum Gasteiger partial charge on any atom is -0.354 e. The molecular weight excluding hydrogens is 220 g/mol. The van der Waals surface area contributed by atoms with E-state index in [1.807, 2.05) is 11.8 Å². The molecule has 2 aliphatic rings. The molecule has 0 radical (unpaired) electrons. The van der Waals surface area contributed by atoms with Gasteiger partial charge in [0, 0.05) is 17.8 Å². The number of thioether (sulfide) groups is 1. The van der Waals surface area contributed by atoms with Gasteiger partial charge < -0.3 is 10.6 Å². The molecule has 1 saturated heterocycles. The van der Waals surface area contributed by atoms with Gasteiger partial charge >= 0.3 is 0 Å². The van der Waals surface area contributed by atoms with Crippen LogP contribution in [-0.2, 0) is 4.79 Å². The lowest BCUT2D eigenvalue weighted by atomic mass is 10.1. The van der Waals surface area contributed by atoms with Gasteiger partial charge in [0.05, 0.1) is 5.92 Å². The molecular formula is C12H22N2OS. The van der Waals surface area contributed by atoms with E-state index in [0.717, 1.165) is 26.1 Å². The summed E-state index contributed by atoms with van der Waals surface area (Å²) in [4.78, 5) is 11.9. The lowest BCUT2D eigenvalue weighted by Crippen LogP contribution is -2.41. The highest BCUT2D eigenvalue weighted by molar-refractivity contribution is 8.00. The van der Waals surface area contributed by atoms with Gasteiger partial charge in [-0.15, -0.1) is 0 Å². The third-order valence-electron chi connectivity index (χ3n) is 3.96. The Kier molecular flexibility index (Phi) is 4.14. The summed E-state index contributed by atoms with van der Waals surface area (Å²) in [6.45, 7) is 2.72. The van der Waals surface area contributed by atoms with Crippen LogP contribution in [0.3, 0.4) is 0 Å². The fourth-order valence-electron chi connectivity index (χ4n) is 2.74. The van der Waals surface area contributed by atoms with Crippen LogP contribution in [0.4, 0.5) is 0 Å². The van der Waals surface area contributed by atoms with E-state index in [-0.39, 0.29) is 11.8 Å². The molecule has 92 valence electrons. The quantitative estimate of drug-likeness (QED) is 0.783. The molecule has 0 spiro atoms. The van der Waals surface area contributed by atoms with Gasteiger partial charge in [0.2, 0.25) is 5.91 Å². The Morgan fingerprint density at radius 2 is 2.25 bits per heavy atom. The summed E-state index contributed by atoms with van der Waals surface area (Å²) in [7, 11) is 0. The molecule has 0 aromatic heterocycles. The van der Waals surface area contributed by atoms with Crippen LogP contribution in [0.2, 0.25) is 0 Å². The Morgan fingerprint density at radius 1 is 1.50 bits per heavy atom. The van der Waals surface area contributed by atoms with Gasteiger partial charge in [-0.05, 0) is 32.1 Å². The molecule has 1 atom stereocenters. The maximum atomic E-state index is 11.9. The second-order valence-corrected chi connectivity index (χ2v) is 6.28. The molecule has 1 saturated carbocycles. The predicted octanol–water partition coefficient (Wildman–Crippen LogP) is 1.39. The summed E-state index contributed by atoms with van der Waals surface area (Å²) in [5, 5.41) is 6.40. The van der Waals surface area contributed by atoms with E-state index in [1.165, 1.54) is 25.7 Å². The van der Waals surface area contributed by atoms with Crippen LogP contribution in [0.15, 0.2) is 0 Å². The van der Waals surface area contributed by atoms with E-state index >= 15 is 0 Å². The number of carbonyl (C=O) groups is 1. The zero-order chi connectivity index (χ0) is 11.4. The molecule has 16 heavy (non-hydrogen) atoms. The number of carbonyl (C=O) groups excluding carboxylic acids is 1. The molecule has 2 rings (SSSR count).